The van der Waals surface area contributed by atoms with Crippen molar-refractivity contribution in [2.24, 2.45) is 0 Å². The maximum atomic E-state index is 11.8. The number of carbonyl (C=O) groups excluding carboxylic acids is 1. The first-order valence-electron chi connectivity index (χ1n) is 5.07. The first-order chi connectivity index (χ1) is 7.65. The zero-order valence-electron chi connectivity index (χ0n) is 9.25. The lowest BCUT2D eigenvalue weighted by Crippen LogP contribution is -2.22. The third-order valence-electron chi connectivity index (χ3n) is 3.01. The van der Waals surface area contributed by atoms with Gasteiger partial charge in [0.2, 0.25) is 0 Å². The highest BCUT2D eigenvalue weighted by atomic mass is 35.5. The van der Waals surface area contributed by atoms with Gasteiger partial charge in [-0.2, -0.15) is 0 Å². The minimum absolute atomic E-state index is 0.215. The third-order valence-corrected chi connectivity index (χ3v) is 3.31. The molecule has 2 rings (SSSR count). The molecule has 0 N–H and O–H groups in total. The molecule has 1 fully saturated rings. The van der Waals surface area contributed by atoms with Gasteiger partial charge < -0.3 is 9.47 Å². The summed E-state index contributed by atoms with van der Waals surface area (Å²) < 4.78 is 10.1. The Morgan fingerprint density at radius 2 is 2.06 bits per heavy atom. The molecule has 0 heterocycles. The number of halogens is 1. The van der Waals surface area contributed by atoms with Crippen LogP contribution in [0.4, 0.5) is 0 Å². The van der Waals surface area contributed by atoms with Crippen LogP contribution in [0.5, 0.6) is 5.75 Å². The maximum Gasteiger partial charge on any atom is 0.316 e. The minimum Gasteiger partial charge on any atom is -0.495 e. The van der Waals surface area contributed by atoms with Gasteiger partial charge in [-0.3, -0.25) is 4.79 Å². The summed E-state index contributed by atoms with van der Waals surface area (Å²) in [6, 6.07) is 5.44. The fourth-order valence-electron chi connectivity index (χ4n) is 2.00. The maximum absolute atomic E-state index is 11.8. The molecule has 0 aliphatic heterocycles. The highest BCUT2D eigenvalue weighted by Crippen LogP contribution is 2.53. The summed E-state index contributed by atoms with van der Waals surface area (Å²) in [5.41, 5.74) is 0.291. The Morgan fingerprint density at radius 1 is 1.38 bits per heavy atom. The van der Waals surface area contributed by atoms with Crippen LogP contribution < -0.4 is 4.74 Å². The van der Waals surface area contributed by atoms with Crippen molar-refractivity contribution in [3.8, 4) is 5.75 Å². The molecule has 0 unspecified atom stereocenters. The quantitative estimate of drug-likeness (QED) is 0.762. The van der Waals surface area contributed by atoms with Crippen LogP contribution in [0.15, 0.2) is 18.2 Å². The molecule has 1 aliphatic carbocycles. The van der Waals surface area contributed by atoms with Crippen LogP contribution >= 0.6 is 11.6 Å². The Morgan fingerprint density at radius 3 is 2.56 bits per heavy atom. The first kappa shape index (κ1) is 11.3. The van der Waals surface area contributed by atoms with Crippen molar-refractivity contribution in [1.29, 1.82) is 0 Å². The highest BCUT2D eigenvalue weighted by molar-refractivity contribution is 6.32. The second-order valence-corrected chi connectivity index (χ2v) is 4.30. The molecule has 3 nitrogen and oxygen atoms in total. The van der Waals surface area contributed by atoms with Gasteiger partial charge in [-0.05, 0) is 18.9 Å². The van der Waals surface area contributed by atoms with E-state index in [0.29, 0.717) is 10.8 Å². The fourth-order valence-corrected chi connectivity index (χ4v) is 2.25. The van der Waals surface area contributed by atoms with Crippen LogP contribution in [-0.2, 0) is 14.9 Å². The van der Waals surface area contributed by atoms with Crippen molar-refractivity contribution in [3.05, 3.63) is 28.8 Å². The standard InChI is InChI=1S/C12H13ClO3/c1-15-10-8(4-3-5-9(10)13)12(6-7-12)11(14)16-2/h3-5H,6-7H2,1-2H3. The van der Waals surface area contributed by atoms with Crippen molar-refractivity contribution in [3.63, 3.8) is 0 Å². The van der Waals surface area contributed by atoms with Crippen LogP contribution in [0.25, 0.3) is 0 Å². The summed E-state index contributed by atoms with van der Waals surface area (Å²) in [6.45, 7) is 0. The summed E-state index contributed by atoms with van der Waals surface area (Å²) >= 11 is 6.03. The van der Waals surface area contributed by atoms with Crippen molar-refractivity contribution in [2.75, 3.05) is 14.2 Å². The molecule has 0 atom stereocenters. The van der Waals surface area contributed by atoms with Crippen molar-refractivity contribution >= 4 is 17.6 Å². The summed E-state index contributed by atoms with van der Waals surface area (Å²) in [5.74, 6) is 0.361. The molecule has 0 bridgehead atoms. The minimum atomic E-state index is -0.537. The van der Waals surface area contributed by atoms with Gasteiger partial charge in [-0.15, -0.1) is 0 Å². The molecule has 0 amide bonds. The van der Waals surface area contributed by atoms with Crippen LogP contribution in [0, 0.1) is 0 Å². The number of rotatable bonds is 3. The van der Waals surface area contributed by atoms with Gasteiger partial charge >= 0.3 is 5.97 Å². The summed E-state index contributed by atoms with van der Waals surface area (Å²) in [7, 11) is 2.96. The van der Waals surface area contributed by atoms with Gasteiger partial charge in [0.1, 0.15) is 5.75 Å². The average molecular weight is 241 g/mol. The van der Waals surface area contributed by atoms with E-state index in [2.05, 4.69) is 0 Å². The lowest BCUT2D eigenvalue weighted by atomic mass is 9.95. The van der Waals surface area contributed by atoms with Crippen molar-refractivity contribution < 1.29 is 14.3 Å². The smallest absolute Gasteiger partial charge is 0.316 e. The summed E-state index contributed by atoms with van der Waals surface area (Å²) in [6.07, 6.45) is 1.58. The molecule has 4 heteroatoms. The first-order valence-corrected chi connectivity index (χ1v) is 5.45. The van der Waals surface area contributed by atoms with Crippen molar-refractivity contribution in [2.45, 2.75) is 18.3 Å². The molecule has 0 radical (unpaired) electrons. The molecule has 1 saturated carbocycles. The second kappa shape index (κ2) is 3.98. The third kappa shape index (κ3) is 1.55. The van der Waals surface area contributed by atoms with Gasteiger partial charge in [0.25, 0.3) is 0 Å². The van der Waals surface area contributed by atoms with Crippen LogP contribution in [0.1, 0.15) is 18.4 Å². The second-order valence-electron chi connectivity index (χ2n) is 3.89. The van der Waals surface area contributed by atoms with Gasteiger partial charge in [0.15, 0.2) is 0 Å². The van der Waals surface area contributed by atoms with E-state index in [0.717, 1.165) is 18.4 Å². The zero-order valence-corrected chi connectivity index (χ0v) is 10.0. The number of hydrogen-bond donors (Lipinski definition) is 0. The largest absolute Gasteiger partial charge is 0.495 e. The SMILES string of the molecule is COC(=O)C1(c2cccc(Cl)c2OC)CC1. The molecule has 0 spiro atoms. The number of benzene rings is 1. The molecule has 16 heavy (non-hydrogen) atoms. The van der Waals surface area contributed by atoms with E-state index >= 15 is 0 Å². The van der Waals surface area contributed by atoms with Crippen LogP contribution in [0.3, 0.4) is 0 Å². The predicted molar refractivity (Wildman–Crippen MR) is 60.9 cm³/mol. The van der Waals surface area contributed by atoms with E-state index in [4.69, 9.17) is 21.1 Å². The number of esters is 1. The number of hydrogen-bond acceptors (Lipinski definition) is 3. The zero-order chi connectivity index (χ0) is 11.8. The topological polar surface area (TPSA) is 35.5 Å². The van der Waals surface area contributed by atoms with E-state index in [9.17, 15) is 4.79 Å². The van der Waals surface area contributed by atoms with Crippen molar-refractivity contribution in [1.82, 2.24) is 0 Å². The average Bonchev–Trinajstić information content (AvgIpc) is 3.09. The van der Waals surface area contributed by atoms with Gasteiger partial charge in [-0.1, -0.05) is 23.7 Å². The molecule has 0 aromatic heterocycles. The van der Waals surface area contributed by atoms with Gasteiger partial charge in [-0.25, -0.2) is 0 Å². The molecule has 1 aromatic carbocycles. The van der Waals surface area contributed by atoms with Crippen LogP contribution in [0.2, 0.25) is 5.02 Å². The van der Waals surface area contributed by atoms with E-state index in [1.807, 2.05) is 12.1 Å². The van der Waals surface area contributed by atoms with Gasteiger partial charge in [0, 0.05) is 5.56 Å². The number of para-hydroxylation sites is 1. The Bertz CT molecular complexity index is 424. The Balaban J connectivity index is 2.48. The van der Waals surface area contributed by atoms with Crippen LogP contribution in [-0.4, -0.2) is 20.2 Å². The Kier molecular flexibility index (Phi) is 2.80. The van der Waals surface area contributed by atoms with E-state index in [-0.39, 0.29) is 5.97 Å². The monoisotopic (exact) mass is 240 g/mol. The molecule has 1 aromatic rings. The molecular formula is C12H13ClO3. The molecule has 1 aliphatic rings. The molecular weight excluding hydrogens is 228 g/mol. The number of carbonyl (C=O) groups is 1. The predicted octanol–water partition coefficient (Wildman–Crippen LogP) is 2.55. The summed E-state index contributed by atoms with van der Waals surface area (Å²) in [4.78, 5) is 11.8. The lowest BCUT2D eigenvalue weighted by molar-refractivity contribution is -0.143. The molecule has 86 valence electrons. The van der Waals surface area contributed by atoms with Gasteiger partial charge in [0.05, 0.1) is 24.7 Å². The normalized spacial score (nSPS) is 16.7. The number of ether oxygens (including phenoxy) is 2. The number of methoxy groups -OCH3 is 2. The van der Waals surface area contributed by atoms with E-state index < -0.39 is 5.41 Å². The Hall–Kier alpha value is -1.22. The fraction of sp³-hybridized carbons (Fsp3) is 0.417. The molecule has 0 saturated heterocycles. The summed E-state index contributed by atoms with van der Waals surface area (Å²) in [5, 5.41) is 0.523. The van der Waals surface area contributed by atoms with E-state index in [1.165, 1.54) is 7.11 Å². The Labute approximate surface area is 99.3 Å². The van der Waals surface area contributed by atoms with E-state index in [1.54, 1.807) is 13.2 Å². The highest BCUT2D eigenvalue weighted by Gasteiger charge is 2.54. The lowest BCUT2D eigenvalue weighted by Gasteiger charge is -2.17.